The Balaban J connectivity index is 1.71. The smallest absolute Gasteiger partial charge is 0.177 e. The molecule has 1 aromatic carbocycles. The van der Waals surface area contributed by atoms with Crippen molar-refractivity contribution in [3.05, 3.63) is 51.9 Å². The largest absolute Gasteiger partial charge is 0.391 e. The van der Waals surface area contributed by atoms with Gasteiger partial charge in [0.1, 0.15) is 17.5 Å². The minimum atomic E-state index is -0.525. The number of hydrogen-bond donors (Lipinski definition) is 1. The number of ether oxygens (including phenoxy) is 1. The summed E-state index contributed by atoms with van der Waals surface area (Å²) in [7, 11) is 0. The van der Waals surface area contributed by atoms with Crippen LogP contribution in [0.25, 0.3) is 27.7 Å². The molecule has 1 N–H and O–H groups in total. The summed E-state index contributed by atoms with van der Waals surface area (Å²) in [6.07, 6.45) is 1.19. The lowest BCUT2D eigenvalue weighted by molar-refractivity contribution is -0.0146. The second kappa shape index (κ2) is 8.43. The Morgan fingerprint density at radius 3 is 2.82 bits per heavy atom. The number of hydrogen-bond acceptors (Lipinski definition) is 7. The van der Waals surface area contributed by atoms with Gasteiger partial charge in [0.25, 0.3) is 0 Å². The van der Waals surface area contributed by atoms with Crippen LogP contribution in [0.2, 0.25) is 10.2 Å². The van der Waals surface area contributed by atoms with Gasteiger partial charge in [0.15, 0.2) is 10.8 Å². The highest BCUT2D eigenvalue weighted by atomic mass is 35.5. The van der Waals surface area contributed by atoms with Crippen molar-refractivity contribution in [2.24, 2.45) is 0 Å². The van der Waals surface area contributed by atoms with Crippen molar-refractivity contribution in [3.63, 3.8) is 0 Å². The van der Waals surface area contributed by atoms with Crippen molar-refractivity contribution in [2.45, 2.75) is 26.1 Å². The minimum absolute atomic E-state index is 0.0227. The van der Waals surface area contributed by atoms with E-state index in [4.69, 9.17) is 32.9 Å². The number of aliphatic hydroxyl groups is 1. The summed E-state index contributed by atoms with van der Waals surface area (Å²) < 4.78 is 7.41. The molecule has 4 aromatic rings. The average molecular weight is 483 g/mol. The van der Waals surface area contributed by atoms with E-state index in [0.717, 1.165) is 33.5 Å². The van der Waals surface area contributed by atoms with E-state index < -0.39 is 6.10 Å². The lowest BCUT2D eigenvalue weighted by Gasteiger charge is -2.41. The third-order valence-electron chi connectivity index (χ3n) is 5.68. The molecular formula is C23H20Cl2N6O2. The van der Waals surface area contributed by atoms with E-state index in [9.17, 15) is 10.4 Å². The van der Waals surface area contributed by atoms with E-state index in [-0.39, 0.29) is 23.4 Å². The van der Waals surface area contributed by atoms with Gasteiger partial charge in [0.05, 0.1) is 30.0 Å². The molecule has 4 heterocycles. The average Bonchev–Trinajstić information content (AvgIpc) is 3.06. The van der Waals surface area contributed by atoms with Crippen molar-refractivity contribution in [3.8, 4) is 17.2 Å². The van der Waals surface area contributed by atoms with Crippen LogP contribution in [0.5, 0.6) is 0 Å². The normalized spacial score (nSPS) is 15.1. The molecule has 1 aliphatic rings. The molecule has 1 aliphatic heterocycles. The maximum atomic E-state index is 9.61. The Hall–Kier alpha value is -2.96. The van der Waals surface area contributed by atoms with Crippen LogP contribution in [0.3, 0.4) is 0 Å². The molecule has 0 amide bonds. The number of aromatic nitrogens is 4. The number of aryl methyl sites for hydroxylation is 1. The van der Waals surface area contributed by atoms with Gasteiger partial charge in [-0.2, -0.15) is 14.9 Å². The summed E-state index contributed by atoms with van der Waals surface area (Å²) in [6.45, 7) is 5.08. The predicted octanol–water partition coefficient (Wildman–Crippen LogP) is 4.02. The van der Waals surface area contributed by atoms with Crippen LogP contribution in [-0.2, 0) is 4.74 Å². The van der Waals surface area contributed by atoms with Crippen LogP contribution in [0.4, 0.5) is 5.82 Å². The van der Waals surface area contributed by atoms with Crippen molar-refractivity contribution >= 4 is 45.6 Å². The molecule has 1 atom stereocenters. The van der Waals surface area contributed by atoms with Crippen LogP contribution >= 0.6 is 23.2 Å². The Morgan fingerprint density at radius 2 is 2.09 bits per heavy atom. The fourth-order valence-electron chi connectivity index (χ4n) is 4.15. The molecule has 168 valence electrons. The number of benzene rings is 1. The van der Waals surface area contributed by atoms with E-state index in [2.05, 4.69) is 21.1 Å². The summed E-state index contributed by atoms with van der Waals surface area (Å²) >= 11 is 12.5. The molecule has 8 nitrogen and oxygen atoms in total. The Bertz CT molecular complexity index is 1420. The Morgan fingerprint density at radius 1 is 1.30 bits per heavy atom. The standard InChI is InChI=1S/C23H20Cl2N6O2/c1-12(32)11-33-15-9-30(10-15)23-20(13(2)28-22-18(8-26)21(25)29-31(22)23)17-5-6-27-19-7-14(24)3-4-16(17)19/h3-7,12,15,32H,9-11H2,1-2H3/t12-/m0/s1. The first-order valence-electron chi connectivity index (χ1n) is 10.5. The number of fused-ring (bicyclic) bond motifs is 2. The van der Waals surface area contributed by atoms with Gasteiger partial charge in [-0.1, -0.05) is 29.3 Å². The zero-order chi connectivity index (χ0) is 23.3. The fraction of sp³-hybridized carbons (Fsp3) is 0.304. The zero-order valence-corrected chi connectivity index (χ0v) is 19.5. The predicted molar refractivity (Wildman–Crippen MR) is 127 cm³/mol. The maximum absolute atomic E-state index is 9.61. The Labute approximate surface area is 199 Å². The lowest BCUT2D eigenvalue weighted by Crippen LogP contribution is -2.53. The summed E-state index contributed by atoms with van der Waals surface area (Å²) in [5.74, 6) is 0.778. The molecule has 0 unspecified atom stereocenters. The van der Waals surface area contributed by atoms with E-state index in [1.807, 2.05) is 31.2 Å². The van der Waals surface area contributed by atoms with Gasteiger partial charge in [-0.3, -0.25) is 4.98 Å². The number of nitrogens with zero attached hydrogens (tertiary/aromatic N) is 6. The SMILES string of the molecule is Cc1nc2c(C#N)c(Cl)nn2c(N2CC(OC[C@H](C)O)C2)c1-c1ccnc2cc(Cl)ccc12. The number of rotatable bonds is 5. The molecule has 0 saturated carbocycles. The molecule has 0 radical (unpaired) electrons. The molecule has 0 aliphatic carbocycles. The number of nitriles is 1. The first-order chi connectivity index (χ1) is 15.9. The molecule has 5 rings (SSSR count). The van der Waals surface area contributed by atoms with Crippen molar-refractivity contribution < 1.29 is 9.84 Å². The molecule has 0 bridgehead atoms. The van der Waals surface area contributed by atoms with E-state index >= 15 is 0 Å². The van der Waals surface area contributed by atoms with Gasteiger partial charge in [-0.05, 0) is 37.6 Å². The van der Waals surface area contributed by atoms with Gasteiger partial charge in [0, 0.05) is 35.3 Å². The highest BCUT2D eigenvalue weighted by Crippen LogP contribution is 2.40. The fourth-order valence-corrected chi connectivity index (χ4v) is 4.52. The van der Waals surface area contributed by atoms with Gasteiger partial charge in [-0.25, -0.2) is 4.98 Å². The Kier molecular flexibility index (Phi) is 5.59. The van der Waals surface area contributed by atoms with E-state index in [1.54, 1.807) is 17.6 Å². The molecule has 10 heteroatoms. The van der Waals surface area contributed by atoms with Crippen molar-refractivity contribution in [1.82, 2.24) is 19.6 Å². The first-order valence-corrected chi connectivity index (χ1v) is 11.2. The molecule has 33 heavy (non-hydrogen) atoms. The first kappa shape index (κ1) is 21.9. The second-order valence-electron chi connectivity index (χ2n) is 8.14. The van der Waals surface area contributed by atoms with Crippen LogP contribution in [0.15, 0.2) is 30.5 Å². The summed E-state index contributed by atoms with van der Waals surface area (Å²) in [4.78, 5) is 11.3. The quantitative estimate of drug-likeness (QED) is 0.458. The number of halogens is 2. The maximum Gasteiger partial charge on any atom is 0.177 e. The van der Waals surface area contributed by atoms with Crippen LogP contribution in [0, 0.1) is 18.3 Å². The van der Waals surface area contributed by atoms with Gasteiger partial charge in [0.2, 0.25) is 0 Å². The summed E-state index contributed by atoms with van der Waals surface area (Å²) in [5, 5.41) is 25.2. The number of anilines is 1. The number of aliphatic hydroxyl groups excluding tert-OH is 1. The topological polar surface area (TPSA) is 99.6 Å². The van der Waals surface area contributed by atoms with Gasteiger partial charge >= 0.3 is 0 Å². The van der Waals surface area contributed by atoms with Gasteiger partial charge < -0.3 is 14.7 Å². The summed E-state index contributed by atoms with van der Waals surface area (Å²) in [5.41, 5.74) is 3.95. The highest BCUT2D eigenvalue weighted by molar-refractivity contribution is 6.31. The third-order valence-corrected chi connectivity index (χ3v) is 6.18. The van der Waals surface area contributed by atoms with E-state index in [1.165, 1.54) is 0 Å². The lowest BCUT2D eigenvalue weighted by atomic mass is 9.98. The summed E-state index contributed by atoms with van der Waals surface area (Å²) in [6, 6.07) is 9.64. The number of pyridine rings is 1. The highest BCUT2D eigenvalue weighted by Gasteiger charge is 2.34. The van der Waals surface area contributed by atoms with E-state index in [0.29, 0.717) is 23.8 Å². The molecular weight excluding hydrogens is 463 g/mol. The van der Waals surface area contributed by atoms with Gasteiger partial charge in [-0.15, -0.1) is 0 Å². The van der Waals surface area contributed by atoms with Crippen LogP contribution < -0.4 is 4.90 Å². The molecule has 1 saturated heterocycles. The molecule has 0 spiro atoms. The van der Waals surface area contributed by atoms with Crippen molar-refractivity contribution in [1.29, 1.82) is 5.26 Å². The van der Waals surface area contributed by atoms with Crippen LogP contribution in [-0.4, -0.2) is 56.6 Å². The monoisotopic (exact) mass is 482 g/mol. The zero-order valence-electron chi connectivity index (χ0n) is 18.0. The van der Waals surface area contributed by atoms with Crippen LogP contribution in [0.1, 0.15) is 18.2 Å². The van der Waals surface area contributed by atoms with Crippen molar-refractivity contribution in [2.75, 3.05) is 24.6 Å². The minimum Gasteiger partial charge on any atom is -0.391 e. The molecule has 3 aromatic heterocycles. The third kappa shape index (κ3) is 3.77. The molecule has 1 fully saturated rings. The second-order valence-corrected chi connectivity index (χ2v) is 8.93.